The molecule has 32 heavy (non-hydrogen) atoms. The number of carbonyl (C=O) groups excluding carboxylic acids is 1. The van der Waals surface area contributed by atoms with Crippen LogP contribution in [0.1, 0.15) is 27.2 Å². The van der Waals surface area contributed by atoms with E-state index in [0.29, 0.717) is 12.4 Å². The summed E-state index contributed by atoms with van der Waals surface area (Å²) in [6.45, 7) is 7.08. The van der Waals surface area contributed by atoms with E-state index in [-0.39, 0.29) is 18.2 Å². The Morgan fingerprint density at radius 2 is 1.91 bits per heavy atom. The van der Waals surface area contributed by atoms with Crippen molar-refractivity contribution in [1.29, 1.82) is 0 Å². The van der Waals surface area contributed by atoms with E-state index >= 15 is 0 Å². The van der Waals surface area contributed by atoms with Crippen LogP contribution in [0.3, 0.4) is 0 Å². The third-order valence-electron chi connectivity index (χ3n) is 6.07. The molecule has 2 bridgehead atoms. The van der Waals surface area contributed by atoms with Gasteiger partial charge in [-0.1, -0.05) is 0 Å². The number of ether oxygens (including phenoxy) is 2. The second-order valence-corrected chi connectivity index (χ2v) is 9.41. The lowest BCUT2D eigenvalue weighted by molar-refractivity contribution is 0.0214. The van der Waals surface area contributed by atoms with Crippen molar-refractivity contribution in [3.8, 4) is 11.4 Å². The fourth-order valence-corrected chi connectivity index (χ4v) is 4.66. The number of benzene rings is 1. The molecule has 2 N–H and O–H groups in total. The molecule has 0 unspecified atom stereocenters. The summed E-state index contributed by atoms with van der Waals surface area (Å²) in [7, 11) is 1.64. The Hall–Kier alpha value is -3.49. The van der Waals surface area contributed by atoms with Crippen LogP contribution < -0.4 is 15.4 Å². The van der Waals surface area contributed by atoms with Crippen LogP contribution in [0, 0.1) is 0 Å². The van der Waals surface area contributed by atoms with Crippen molar-refractivity contribution in [3.05, 3.63) is 36.7 Å². The predicted octanol–water partition coefficient (Wildman–Crippen LogP) is 3.21. The number of pyridine rings is 1. The number of nitrogens with zero attached hydrogens (tertiary/aromatic N) is 5. The van der Waals surface area contributed by atoms with Crippen molar-refractivity contribution in [2.75, 3.05) is 30.8 Å². The average Bonchev–Trinajstić information content (AvgIpc) is 3.45. The first-order chi connectivity index (χ1) is 15.2. The Balaban J connectivity index is 1.40. The summed E-state index contributed by atoms with van der Waals surface area (Å²) in [6.07, 6.45) is 4.33. The highest BCUT2D eigenvalue weighted by atomic mass is 16.6. The fourth-order valence-electron chi connectivity index (χ4n) is 4.66. The molecule has 9 nitrogen and oxygen atoms in total. The van der Waals surface area contributed by atoms with Crippen molar-refractivity contribution in [2.45, 2.75) is 44.9 Å². The molecular weight excluding hydrogens is 408 g/mol. The maximum absolute atomic E-state index is 12.6. The third kappa shape index (κ3) is 3.47. The SMILES string of the molecule is COc1ccc2c(N)nn(-c3cncc(N4C[C@@H]5C[C@H]4CN5C(=O)OC(C)(C)C)c3)c2c1. The molecule has 2 fully saturated rings. The average molecular weight is 437 g/mol. The van der Waals surface area contributed by atoms with Crippen molar-refractivity contribution in [2.24, 2.45) is 0 Å². The summed E-state index contributed by atoms with van der Waals surface area (Å²) in [5.41, 5.74) is 8.35. The third-order valence-corrected chi connectivity index (χ3v) is 6.07. The Morgan fingerprint density at radius 1 is 1.12 bits per heavy atom. The normalized spacial score (nSPS) is 20.2. The lowest BCUT2D eigenvalue weighted by Gasteiger charge is -2.36. The van der Waals surface area contributed by atoms with Gasteiger partial charge < -0.3 is 25.0 Å². The maximum atomic E-state index is 12.6. The smallest absolute Gasteiger partial charge is 0.410 e. The molecule has 0 spiro atoms. The molecule has 0 radical (unpaired) electrons. The largest absolute Gasteiger partial charge is 0.497 e. The molecule has 2 saturated heterocycles. The number of methoxy groups -OCH3 is 1. The first-order valence-corrected chi connectivity index (χ1v) is 10.8. The molecule has 3 aromatic rings. The number of hydrogen-bond acceptors (Lipinski definition) is 7. The predicted molar refractivity (Wildman–Crippen MR) is 122 cm³/mol. The van der Waals surface area contributed by atoms with Crippen LogP contribution in [0.5, 0.6) is 5.75 Å². The van der Waals surface area contributed by atoms with Crippen LogP contribution in [-0.4, -0.2) is 63.6 Å². The van der Waals surface area contributed by atoms with Gasteiger partial charge in [-0.2, -0.15) is 0 Å². The zero-order valence-corrected chi connectivity index (χ0v) is 18.8. The van der Waals surface area contributed by atoms with Crippen LogP contribution >= 0.6 is 0 Å². The Labute approximate surface area is 186 Å². The van der Waals surface area contributed by atoms with Gasteiger partial charge in [-0.05, 0) is 45.4 Å². The summed E-state index contributed by atoms with van der Waals surface area (Å²) in [5.74, 6) is 1.20. The van der Waals surface area contributed by atoms with Crippen LogP contribution in [0.25, 0.3) is 16.6 Å². The van der Waals surface area contributed by atoms with Gasteiger partial charge in [0.05, 0.1) is 42.4 Å². The molecular formula is C23H28N6O3. The molecule has 0 aliphatic carbocycles. The summed E-state index contributed by atoms with van der Waals surface area (Å²) in [6, 6.07) is 8.15. The number of anilines is 2. The first kappa shape index (κ1) is 20.4. The second kappa shape index (κ2) is 7.29. The highest BCUT2D eigenvalue weighted by Crippen LogP contribution is 2.36. The number of piperazine rings is 1. The van der Waals surface area contributed by atoms with Crippen LogP contribution in [0.2, 0.25) is 0 Å². The number of nitrogens with two attached hydrogens (primary N) is 1. The lowest BCUT2D eigenvalue weighted by atomic mass is 10.2. The summed E-state index contributed by atoms with van der Waals surface area (Å²) in [4.78, 5) is 21.2. The zero-order chi connectivity index (χ0) is 22.6. The van der Waals surface area contributed by atoms with Crippen molar-refractivity contribution in [1.82, 2.24) is 19.7 Å². The van der Waals surface area contributed by atoms with E-state index in [1.165, 1.54) is 0 Å². The van der Waals surface area contributed by atoms with Gasteiger partial charge in [-0.25, -0.2) is 9.48 Å². The van der Waals surface area contributed by atoms with Gasteiger partial charge in [0.25, 0.3) is 0 Å². The van der Waals surface area contributed by atoms with E-state index in [4.69, 9.17) is 15.2 Å². The highest BCUT2D eigenvalue weighted by Gasteiger charge is 2.46. The van der Waals surface area contributed by atoms with Crippen molar-refractivity contribution in [3.63, 3.8) is 0 Å². The zero-order valence-electron chi connectivity index (χ0n) is 18.8. The number of likely N-dealkylation sites (tertiary alicyclic amines) is 1. The van der Waals surface area contributed by atoms with Gasteiger partial charge in [0, 0.05) is 30.6 Å². The molecule has 2 aliphatic rings. The van der Waals surface area contributed by atoms with E-state index in [9.17, 15) is 4.79 Å². The number of aromatic nitrogens is 3. The number of hydrogen-bond donors (Lipinski definition) is 1. The number of amides is 1. The molecule has 5 rings (SSSR count). The van der Waals surface area contributed by atoms with E-state index in [1.54, 1.807) is 18.0 Å². The number of carbonyl (C=O) groups is 1. The molecule has 168 valence electrons. The van der Waals surface area contributed by atoms with Gasteiger partial charge in [0.2, 0.25) is 0 Å². The quantitative estimate of drug-likeness (QED) is 0.673. The Bertz CT molecular complexity index is 1180. The van der Waals surface area contributed by atoms with Crippen molar-refractivity contribution < 1.29 is 14.3 Å². The monoisotopic (exact) mass is 436 g/mol. The molecule has 1 amide bonds. The first-order valence-electron chi connectivity index (χ1n) is 10.8. The summed E-state index contributed by atoms with van der Waals surface area (Å²) >= 11 is 0. The van der Waals surface area contributed by atoms with Crippen molar-refractivity contribution >= 4 is 28.5 Å². The lowest BCUT2D eigenvalue weighted by Crippen LogP contribution is -2.50. The van der Waals surface area contributed by atoms with Gasteiger partial charge in [0.15, 0.2) is 5.82 Å². The molecule has 1 aromatic carbocycles. The molecule has 2 aliphatic heterocycles. The number of nitrogen functional groups attached to an aromatic ring is 1. The van der Waals surface area contributed by atoms with Gasteiger partial charge in [-0.15, -0.1) is 5.10 Å². The molecule has 2 atom stereocenters. The van der Waals surface area contributed by atoms with Gasteiger partial charge in [0.1, 0.15) is 11.4 Å². The van der Waals surface area contributed by atoms with Crippen LogP contribution in [0.4, 0.5) is 16.3 Å². The Morgan fingerprint density at radius 3 is 2.59 bits per heavy atom. The molecule has 9 heteroatoms. The topological polar surface area (TPSA) is 98.7 Å². The molecule has 0 saturated carbocycles. The Kier molecular flexibility index (Phi) is 4.65. The molecule has 2 aromatic heterocycles. The van der Waals surface area contributed by atoms with E-state index in [0.717, 1.165) is 41.0 Å². The maximum Gasteiger partial charge on any atom is 0.410 e. The van der Waals surface area contributed by atoms with E-state index in [2.05, 4.69) is 21.0 Å². The number of rotatable bonds is 3. The standard InChI is InChI=1S/C23H28N6O3/c1-23(2,3)32-22(30)28-13-16-8-17(28)12-27(16)14-7-15(11-25-10-14)29-20-9-18(31-4)5-6-19(20)21(24)26-29/h5-7,9-11,16-17H,8,12-13H2,1-4H3,(H2,24,26)/t16-,17-/m0/s1. The van der Waals surface area contributed by atoms with Gasteiger partial charge in [-0.3, -0.25) is 4.98 Å². The van der Waals surface area contributed by atoms with Crippen LogP contribution in [-0.2, 0) is 4.74 Å². The summed E-state index contributed by atoms with van der Waals surface area (Å²) < 4.78 is 12.7. The number of fused-ring (bicyclic) bond motifs is 3. The fraction of sp³-hybridized carbons (Fsp3) is 0.435. The minimum atomic E-state index is -0.492. The van der Waals surface area contributed by atoms with Crippen LogP contribution in [0.15, 0.2) is 36.7 Å². The minimum Gasteiger partial charge on any atom is -0.497 e. The minimum absolute atomic E-state index is 0.143. The second-order valence-electron chi connectivity index (χ2n) is 9.41. The highest BCUT2D eigenvalue weighted by molar-refractivity contribution is 5.91. The van der Waals surface area contributed by atoms with Gasteiger partial charge >= 0.3 is 6.09 Å². The van der Waals surface area contributed by atoms with E-state index < -0.39 is 5.60 Å². The summed E-state index contributed by atoms with van der Waals surface area (Å²) in [5, 5.41) is 5.40. The van der Waals surface area contributed by atoms with E-state index in [1.807, 2.05) is 50.1 Å². The molecule has 4 heterocycles.